The van der Waals surface area contributed by atoms with E-state index < -0.39 is 0 Å². The lowest BCUT2D eigenvalue weighted by atomic mass is 9.93. The molecular weight excluding hydrogens is 585 g/mol. The predicted molar refractivity (Wildman–Crippen MR) is 197 cm³/mol. The van der Waals surface area contributed by atoms with E-state index in [1.54, 1.807) is 6.20 Å². The van der Waals surface area contributed by atoms with Crippen molar-refractivity contribution in [2.45, 2.75) is 0 Å². The standard InChI is InChI=1S/C44H28N4/c1-2-13-30(14-3-1)44-47-40(28-41(48-44)39-22-8-9-25-45-39)33-17-10-15-31(26-33)32-16-11-18-34(27-32)43-37-24-23-29-12-4-5-19-35(29)42(37)36-20-6-7-21-38(36)46-43/h1-28H. The quantitative estimate of drug-likeness (QED) is 0.181. The van der Waals surface area contributed by atoms with Crippen LogP contribution in [0.15, 0.2) is 170 Å². The third-order valence-electron chi connectivity index (χ3n) is 8.90. The van der Waals surface area contributed by atoms with Gasteiger partial charge >= 0.3 is 0 Å². The summed E-state index contributed by atoms with van der Waals surface area (Å²) in [7, 11) is 0. The summed E-state index contributed by atoms with van der Waals surface area (Å²) in [5.74, 6) is 0.669. The van der Waals surface area contributed by atoms with Gasteiger partial charge < -0.3 is 0 Å². The monoisotopic (exact) mass is 612 g/mol. The molecule has 0 aliphatic carbocycles. The maximum Gasteiger partial charge on any atom is 0.160 e. The van der Waals surface area contributed by atoms with Crippen molar-refractivity contribution in [2.75, 3.05) is 0 Å². The lowest BCUT2D eigenvalue weighted by molar-refractivity contribution is 1.16. The molecular formula is C44H28N4. The first-order valence-electron chi connectivity index (χ1n) is 16.1. The molecule has 48 heavy (non-hydrogen) atoms. The van der Waals surface area contributed by atoms with Crippen LogP contribution in [0.25, 0.3) is 88.9 Å². The van der Waals surface area contributed by atoms with Gasteiger partial charge in [0.15, 0.2) is 5.82 Å². The fourth-order valence-corrected chi connectivity index (χ4v) is 6.60. The number of para-hydroxylation sites is 1. The average molecular weight is 613 g/mol. The molecule has 0 aliphatic rings. The zero-order chi connectivity index (χ0) is 31.9. The van der Waals surface area contributed by atoms with Crippen LogP contribution in [0.3, 0.4) is 0 Å². The number of benzene rings is 6. The van der Waals surface area contributed by atoms with Crippen LogP contribution < -0.4 is 0 Å². The highest BCUT2D eigenvalue weighted by molar-refractivity contribution is 6.22. The van der Waals surface area contributed by atoms with Crippen molar-refractivity contribution in [3.63, 3.8) is 0 Å². The third kappa shape index (κ3) is 4.97. The summed E-state index contributed by atoms with van der Waals surface area (Å²) in [4.78, 5) is 19.8. The Morgan fingerprint density at radius 2 is 1.02 bits per heavy atom. The third-order valence-corrected chi connectivity index (χ3v) is 8.90. The van der Waals surface area contributed by atoms with Crippen LogP contribution in [0.2, 0.25) is 0 Å². The molecule has 0 aliphatic heterocycles. The minimum absolute atomic E-state index is 0.669. The Morgan fingerprint density at radius 3 is 1.85 bits per heavy atom. The molecule has 3 heterocycles. The number of nitrogens with zero attached hydrogens (tertiary/aromatic N) is 4. The van der Waals surface area contributed by atoms with Gasteiger partial charge in [0.1, 0.15) is 0 Å². The number of hydrogen-bond acceptors (Lipinski definition) is 4. The first-order valence-corrected chi connectivity index (χ1v) is 16.1. The van der Waals surface area contributed by atoms with Gasteiger partial charge in [-0.2, -0.15) is 0 Å². The molecule has 3 aromatic heterocycles. The minimum Gasteiger partial charge on any atom is -0.255 e. The molecule has 6 aromatic carbocycles. The Balaban J connectivity index is 1.18. The molecule has 0 saturated heterocycles. The zero-order valence-electron chi connectivity index (χ0n) is 26.0. The summed E-state index contributed by atoms with van der Waals surface area (Å²) in [5.41, 5.74) is 9.68. The number of aromatic nitrogens is 4. The van der Waals surface area contributed by atoms with E-state index in [0.717, 1.165) is 61.5 Å². The summed E-state index contributed by atoms with van der Waals surface area (Å²) in [5, 5.41) is 6.02. The van der Waals surface area contributed by atoms with E-state index in [9.17, 15) is 0 Å². The van der Waals surface area contributed by atoms with Crippen LogP contribution in [0.5, 0.6) is 0 Å². The number of hydrogen-bond donors (Lipinski definition) is 0. The summed E-state index contributed by atoms with van der Waals surface area (Å²) in [6.45, 7) is 0. The Morgan fingerprint density at radius 1 is 0.354 bits per heavy atom. The maximum absolute atomic E-state index is 5.23. The fraction of sp³-hybridized carbons (Fsp3) is 0. The normalized spacial score (nSPS) is 11.3. The van der Waals surface area contributed by atoms with E-state index >= 15 is 0 Å². The Kier molecular flexibility index (Phi) is 6.76. The van der Waals surface area contributed by atoms with E-state index in [2.05, 4.69) is 114 Å². The average Bonchev–Trinajstić information content (AvgIpc) is 3.18. The maximum atomic E-state index is 5.23. The van der Waals surface area contributed by atoms with Crippen LogP contribution >= 0.6 is 0 Å². The molecule has 0 atom stereocenters. The summed E-state index contributed by atoms with van der Waals surface area (Å²) >= 11 is 0. The largest absolute Gasteiger partial charge is 0.255 e. The molecule has 4 heteroatoms. The van der Waals surface area contributed by atoms with Crippen LogP contribution in [-0.2, 0) is 0 Å². The minimum atomic E-state index is 0.669. The summed E-state index contributed by atoms with van der Waals surface area (Å²) in [6.07, 6.45) is 1.79. The smallest absolute Gasteiger partial charge is 0.160 e. The van der Waals surface area contributed by atoms with Gasteiger partial charge in [0.2, 0.25) is 0 Å². The van der Waals surface area contributed by atoms with Crippen LogP contribution in [0, 0.1) is 0 Å². The number of fused-ring (bicyclic) bond motifs is 5. The van der Waals surface area contributed by atoms with Gasteiger partial charge in [-0.05, 0) is 58.3 Å². The second kappa shape index (κ2) is 11.7. The number of rotatable bonds is 5. The van der Waals surface area contributed by atoms with Crippen LogP contribution in [-0.4, -0.2) is 19.9 Å². The molecule has 4 nitrogen and oxygen atoms in total. The van der Waals surface area contributed by atoms with E-state index in [4.69, 9.17) is 15.0 Å². The van der Waals surface area contributed by atoms with Gasteiger partial charge in [-0.25, -0.2) is 15.0 Å². The molecule has 0 spiro atoms. The summed E-state index contributed by atoms with van der Waals surface area (Å²) < 4.78 is 0. The van der Waals surface area contributed by atoms with Gasteiger partial charge in [0.25, 0.3) is 0 Å². The molecule has 9 rings (SSSR count). The van der Waals surface area contributed by atoms with E-state index in [1.165, 1.54) is 21.5 Å². The van der Waals surface area contributed by atoms with E-state index in [0.29, 0.717) is 5.82 Å². The Bertz CT molecular complexity index is 2540. The highest BCUT2D eigenvalue weighted by Gasteiger charge is 2.15. The van der Waals surface area contributed by atoms with Crippen molar-refractivity contribution in [1.82, 2.24) is 19.9 Å². The van der Waals surface area contributed by atoms with E-state index in [1.807, 2.05) is 54.6 Å². The van der Waals surface area contributed by atoms with Crippen molar-refractivity contribution in [3.8, 4) is 56.4 Å². The summed E-state index contributed by atoms with van der Waals surface area (Å²) in [6, 6.07) is 56.7. The molecule has 0 unspecified atom stereocenters. The van der Waals surface area contributed by atoms with Gasteiger partial charge in [0.05, 0.1) is 28.3 Å². The van der Waals surface area contributed by atoms with Crippen molar-refractivity contribution in [3.05, 3.63) is 170 Å². The van der Waals surface area contributed by atoms with Gasteiger partial charge in [0, 0.05) is 39.0 Å². The molecule has 0 radical (unpaired) electrons. The van der Waals surface area contributed by atoms with E-state index in [-0.39, 0.29) is 0 Å². The van der Waals surface area contributed by atoms with Crippen molar-refractivity contribution in [1.29, 1.82) is 0 Å². The zero-order valence-corrected chi connectivity index (χ0v) is 26.0. The van der Waals surface area contributed by atoms with Crippen molar-refractivity contribution < 1.29 is 0 Å². The Hall–Kier alpha value is -6.52. The highest BCUT2D eigenvalue weighted by Crippen LogP contribution is 2.38. The molecule has 0 amide bonds. The number of pyridine rings is 2. The first-order chi connectivity index (χ1) is 23.8. The lowest BCUT2D eigenvalue weighted by Crippen LogP contribution is -1.97. The second-order valence-electron chi connectivity index (χ2n) is 11.9. The van der Waals surface area contributed by atoms with Gasteiger partial charge in [-0.1, -0.05) is 127 Å². The topological polar surface area (TPSA) is 51.6 Å². The van der Waals surface area contributed by atoms with Crippen molar-refractivity contribution in [2.24, 2.45) is 0 Å². The van der Waals surface area contributed by atoms with Crippen LogP contribution in [0.4, 0.5) is 0 Å². The lowest BCUT2D eigenvalue weighted by Gasteiger charge is -2.14. The highest BCUT2D eigenvalue weighted by atomic mass is 14.9. The molecule has 0 bridgehead atoms. The molecule has 0 fully saturated rings. The molecule has 224 valence electrons. The molecule has 9 aromatic rings. The van der Waals surface area contributed by atoms with Gasteiger partial charge in [-0.3, -0.25) is 4.98 Å². The predicted octanol–water partition coefficient (Wildman–Crippen LogP) is 11.1. The Labute approximate surface area is 278 Å². The second-order valence-corrected chi connectivity index (χ2v) is 11.9. The first kappa shape index (κ1) is 27.8. The van der Waals surface area contributed by atoms with Gasteiger partial charge in [-0.15, -0.1) is 0 Å². The SMILES string of the molecule is c1ccc(-c2nc(-c3cccc(-c4cccc(-c5nc6ccccc6c6c5ccc5ccccc56)c4)c3)cc(-c3ccccn3)n2)cc1. The van der Waals surface area contributed by atoms with Crippen LogP contribution in [0.1, 0.15) is 0 Å². The fourth-order valence-electron chi connectivity index (χ4n) is 6.60. The molecule has 0 N–H and O–H groups in total. The van der Waals surface area contributed by atoms with Crippen molar-refractivity contribution >= 4 is 32.4 Å². The molecule has 0 saturated carbocycles.